The van der Waals surface area contributed by atoms with Crippen LogP contribution in [0.15, 0.2) is 54.7 Å². The molecule has 2 amide bonds. The van der Waals surface area contributed by atoms with Crippen molar-refractivity contribution in [3.05, 3.63) is 66.0 Å². The number of aryl methyl sites for hydroxylation is 1. The summed E-state index contributed by atoms with van der Waals surface area (Å²) >= 11 is 0. The van der Waals surface area contributed by atoms with Gasteiger partial charge in [0.25, 0.3) is 11.8 Å². The minimum atomic E-state index is -0.348. The molecule has 0 bridgehead atoms. The van der Waals surface area contributed by atoms with Crippen LogP contribution in [0.25, 0.3) is 33.0 Å². The quantitative estimate of drug-likeness (QED) is 0.360. The Morgan fingerprint density at radius 2 is 1.85 bits per heavy atom. The number of hydrogen-bond donors (Lipinski definition) is 1. The molecule has 7 heteroatoms. The van der Waals surface area contributed by atoms with E-state index in [0.717, 1.165) is 21.8 Å². The second-order valence-corrected chi connectivity index (χ2v) is 8.08. The van der Waals surface area contributed by atoms with Crippen LogP contribution in [0, 0.1) is 11.3 Å². The molecule has 0 aliphatic carbocycles. The van der Waals surface area contributed by atoms with Crippen LogP contribution in [0.5, 0.6) is 5.75 Å². The van der Waals surface area contributed by atoms with Crippen LogP contribution in [0.2, 0.25) is 0 Å². The molecule has 0 atom stereocenters. The van der Waals surface area contributed by atoms with Crippen molar-refractivity contribution in [3.8, 4) is 11.8 Å². The number of nitriles is 1. The van der Waals surface area contributed by atoms with Gasteiger partial charge in [-0.25, -0.2) is 0 Å². The SMILES string of the molecule is COc1ccc2c(c1)c(C1=C(c3cc4ccccc4[nH]3)C(=O)N(CCCC#N)C1=O)cn2C. The lowest BCUT2D eigenvalue weighted by atomic mass is 9.99. The lowest BCUT2D eigenvalue weighted by molar-refractivity contribution is -0.136. The third kappa shape index (κ3) is 3.28. The number of carbonyl (C=O) groups excluding carboxylic acids is 2. The third-order valence-corrected chi connectivity index (χ3v) is 6.10. The van der Waals surface area contributed by atoms with E-state index in [2.05, 4.69) is 11.1 Å². The molecule has 1 aliphatic rings. The number of nitrogens with zero attached hydrogens (tertiary/aromatic N) is 3. The predicted octanol–water partition coefficient (Wildman–Crippen LogP) is 4.25. The summed E-state index contributed by atoms with van der Waals surface area (Å²) in [5, 5.41) is 10.7. The van der Waals surface area contributed by atoms with Gasteiger partial charge in [0.05, 0.1) is 30.0 Å². The average molecular weight is 438 g/mol. The monoisotopic (exact) mass is 438 g/mol. The molecule has 2 aromatic heterocycles. The highest BCUT2D eigenvalue weighted by molar-refractivity contribution is 6.49. The standard InChI is InChI=1S/C26H22N4O3/c1-29-15-19(18-14-17(33-2)9-10-22(18)29)23-24(21-13-16-7-3-4-8-20(16)28-21)26(32)30(25(23)31)12-6-5-11-27/h3-4,7-10,13-15,28H,5-6,12H2,1-2H3. The first kappa shape index (κ1) is 20.6. The van der Waals surface area contributed by atoms with E-state index in [0.29, 0.717) is 34.6 Å². The highest BCUT2D eigenvalue weighted by Gasteiger charge is 2.40. The van der Waals surface area contributed by atoms with Crippen LogP contribution in [-0.4, -0.2) is 39.9 Å². The lowest BCUT2D eigenvalue weighted by Gasteiger charge is -2.13. The topological polar surface area (TPSA) is 91.1 Å². The number of para-hydroxylation sites is 1. The van der Waals surface area contributed by atoms with E-state index in [4.69, 9.17) is 10.00 Å². The number of benzene rings is 2. The van der Waals surface area contributed by atoms with Crippen LogP contribution in [-0.2, 0) is 16.6 Å². The molecule has 4 aromatic rings. The molecule has 0 radical (unpaired) electrons. The summed E-state index contributed by atoms with van der Waals surface area (Å²) in [6, 6.07) is 17.4. The molecule has 0 fully saturated rings. The van der Waals surface area contributed by atoms with Crippen LogP contribution < -0.4 is 4.74 Å². The molecule has 3 heterocycles. The number of rotatable bonds is 6. The minimum Gasteiger partial charge on any atom is -0.497 e. The molecule has 33 heavy (non-hydrogen) atoms. The van der Waals surface area contributed by atoms with Crippen molar-refractivity contribution in [2.24, 2.45) is 7.05 Å². The molecule has 7 nitrogen and oxygen atoms in total. The second-order valence-electron chi connectivity index (χ2n) is 8.08. The maximum atomic E-state index is 13.6. The number of amides is 2. The Morgan fingerprint density at radius 3 is 2.61 bits per heavy atom. The average Bonchev–Trinajstić information content (AvgIpc) is 3.46. The fourth-order valence-electron chi connectivity index (χ4n) is 4.50. The highest BCUT2D eigenvalue weighted by atomic mass is 16.5. The summed E-state index contributed by atoms with van der Waals surface area (Å²) < 4.78 is 7.35. The maximum absolute atomic E-state index is 13.6. The van der Waals surface area contributed by atoms with Crippen molar-refractivity contribution >= 4 is 44.8 Å². The van der Waals surface area contributed by atoms with Gasteiger partial charge in [0.15, 0.2) is 0 Å². The summed E-state index contributed by atoms with van der Waals surface area (Å²) in [6.07, 6.45) is 2.59. The number of methoxy groups -OCH3 is 1. The number of hydrogen-bond acceptors (Lipinski definition) is 4. The zero-order valence-electron chi connectivity index (χ0n) is 18.4. The number of imide groups is 1. The van der Waals surface area contributed by atoms with Gasteiger partial charge in [0.2, 0.25) is 0 Å². The summed E-state index contributed by atoms with van der Waals surface area (Å²) in [5.74, 6) is -0.0216. The molecule has 0 spiro atoms. The van der Waals surface area contributed by atoms with Crippen LogP contribution in [0.1, 0.15) is 24.1 Å². The largest absolute Gasteiger partial charge is 0.497 e. The van der Waals surface area contributed by atoms with E-state index in [-0.39, 0.29) is 24.8 Å². The van der Waals surface area contributed by atoms with Crippen LogP contribution >= 0.6 is 0 Å². The zero-order valence-corrected chi connectivity index (χ0v) is 18.4. The molecular weight excluding hydrogens is 416 g/mol. The molecule has 0 unspecified atom stereocenters. The van der Waals surface area contributed by atoms with Gasteiger partial charge in [-0.05, 0) is 36.8 Å². The highest BCUT2D eigenvalue weighted by Crippen LogP contribution is 2.40. The summed E-state index contributed by atoms with van der Waals surface area (Å²) in [4.78, 5) is 31.7. The van der Waals surface area contributed by atoms with E-state index < -0.39 is 0 Å². The van der Waals surface area contributed by atoms with Gasteiger partial charge >= 0.3 is 0 Å². The Labute approximate surface area is 190 Å². The van der Waals surface area contributed by atoms with Crippen LogP contribution in [0.4, 0.5) is 0 Å². The number of unbranched alkanes of at least 4 members (excludes halogenated alkanes) is 1. The Morgan fingerprint density at radius 1 is 1.06 bits per heavy atom. The van der Waals surface area contributed by atoms with Gasteiger partial charge in [-0.1, -0.05) is 18.2 Å². The number of carbonyl (C=O) groups is 2. The van der Waals surface area contributed by atoms with Gasteiger partial charge in [0.1, 0.15) is 5.75 Å². The number of fused-ring (bicyclic) bond motifs is 2. The molecule has 0 saturated carbocycles. The summed E-state index contributed by atoms with van der Waals surface area (Å²) in [7, 11) is 3.51. The van der Waals surface area contributed by atoms with Crippen molar-refractivity contribution in [2.45, 2.75) is 12.8 Å². The Hall–Kier alpha value is -4.31. The fourth-order valence-corrected chi connectivity index (χ4v) is 4.50. The number of nitrogens with one attached hydrogen (secondary N) is 1. The van der Waals surface area contributed by atoms with Gasteiger partial charge in [0, 0.05) is 53.6 Å². The Bertz CT molecular complexity index is 1470. The third-order valence-electron chi connectivity index (χ3n) is 6.10. The van der Waals surface area contributed by atoms with Crippen molar-refractivity contribution < 1.29 is 14.3 Å². The smallest absolute Gasteiger partial charge is 0.263 e. The van der Waals surface area contributed by atoms with E-state index in [1.807, 2.05) is 66.3 Å². The van der Waals surface area contributed by atoms with Crippen molar-refractivity contribution in [1.82, 2.24) is 14.5 Å². The van der Waals surface area contributed by atoms with Crippen molar-refractivity contribution in [2.75, 3.05) is 13.7 Å². The number of H-pyrrole nitrogens is 1. The van der Waals surface area contributed by atoms with E-state index in [9.17, 15) is 9.59 Å². The first-order valence-corrected chi connectivity index (χ1v) is 10.7. The van der Waals surface area contributed by atoms with Crippen molar-refractivity contribution in [3.63, 3.8) is 0 Å². The van der Waals surface area contributed by atoms with E-state index >= 15 is 0 Å². The van der Waals surface area contributed by atoms with Gasteiger partial charge < -0.3 is 14.3 Å². The molecule has 5 rings (SSSR count). The lowest BCUT2D eigenvalue weighted by Crippen LogP contribution is -2.32. The number of ether oxygens (including phenoxy) is 1. The van der Waals surface area contributed by atoms with Crippen LogP contribution in [0.3, 0.4) is 0 Å². The first-order valence-electron chi connectivity index (χ1n) is 10.7. The summed E-state index contributed by atoms with van der Waals surface area (Å²) in [6.45, 7) is 0.201. The number of aromatic amines is 1. The second kappa shape index (κ2) is 7.99. The normalized spacial score (nSPS) is 14.0. The molecule has 1 N–H and O–H groups in total. The molecular formula is C26H22N4O3. The van der Waals surface area contributed by atoms with Gasteiger partial charge in [-0.15, -0.1) is 0 Å². The van der Waals surface area contributed by atoms with Crippen molar-refractivity contribution in [1.29, 1.82) is 5.26 Å². The fraction of sp³-hybridized carbons (Fsp3) is 0.192. The Balaban J connectivity index is 1.74. The number of aromatic nitrogens is 2. The molecule has 164 valence electrons. The van der Waals surface area contributed by atoms with Gasteiger partial charge in [-0.2, -0.15) is 5.26 Å². The zero-order chi connectivity index (χ0) is 23.1. The molecule has 2 aromatic carbocycles. The summed E-state index contributed by atoms with van der Waals surface area (Å²) in [5.41, 5.74) is 3.82. The predicted molar refractivity (Wildman–Crippen MR) is 126 cm³/mol. The van der Waals surface area contributed by atoms with E-state index in [1.165, 1.54) is 4.90 Å². The molecule has 0 saturated heterocycles. The molecule has 1 aliphatic heterocycles. The minimum absolute atomic E-state index is 0.201. The maximum Gasteiger partial charge on any atom is 0.263 e. The Kier molecular flexibility index (Phi) is 4.98. The first-order chi connectivity index (χ1) is 16.0. The van der Waals surface area contributed by atoms with Gasteiger partial charge in [-0.3, -0.25) is 14.5 Å². The van der Waals surface area contributed by atoms with E-state index in [1.54, 1.807) is 7.11 Å².